The molecule has 0 atom stereocenters. The topological polar surface area (TPSA) is 12.0 Å². The van der Waals surface area contributed by atoms with Gasteiger partial charge in [-0.1, -0.05) is 25.5 Å². The molecular weight excluding hydrogens is 146 g/mol. The SMILES string of the molecule is CC(C)C1=C2CNCC2=CCC1. The van der Waals surface area contributed by atoms with Crippen LogP contribution in [0.2, 0.25) is 0 Å². The van der Waals surface area contributed by atoms with Crippen LogP contribution < -0.4 is 5.32 Å². The molecule has 0 unspecified atom stereocenters. The predicted molar refractivity (Wildman–Crippen MR) is 52.1 cm³/mol. The van der Waals surface area contributed by atoms with Crippen molar-refractivity contribution in [3.63, 3.8) is 0 Å². The maximum atomic E-state index is 3.42. The van der Waals surface area contributed by atoms with Gasteiger partial charge in [-0.05, 0) is 29.9 Å². The molecule has 1 saturated heterocycles. The molecule has 1 aliphatic carbocycles. The highest BCUT2D eigenvalue weighted by Crippen LogP contribution is 2.31. The van der Waals surface area contributed by atoms with Crippen molar-refractivity contribution in [2.24, 2.45) is 5.92 Å². The van der Waals surface area contributed by atoms with Crippen LogP contribution in [0.3, 0.4) is 0 Å². The maximum Gasteiger partial charge on any atom is 0.0211 e. The lowest BCUT2D eigenvalue weighted by molar-refractivity contribution is 0.694. The zero-order valence-electron chi connectivity index (χ0n) is 7.98. The van der Waals surface area contributed by atoms with Crippen molar-refractivity contribution in [1.82, 2.24) is 5.32 Å². The summed E-state index contributed by atoms with van der Waals surface area (Å²) in [5.74, 6) is 0.739. The summed E-state index contributed by atoms with van der Waals surface area (Å²) < 4.78 is 0. The molecule has 0 amide bonds. The third-order valence-electron chi connectivity index (χ3n) is 2.89. The second-order valence-corrected chi connectivity index (χ2v) is 4.03. The largest absolute Gasteiger partial charge is 0.309 e. The molecule has 0 bridgehead atoms. The molecule has 1 fully saturated rings. The molecule has 1 heteroatoms. The lowest BCUT2D eigenvalue weighted by Crippen LogP contribution is -2.07. The second-order valence-electron chi connectivity index (χ2n) is 4.03. The average Bonchev–Trinajstić information content (AvgIpc) is 2.49. The maximum absolute atomic E-state index is 3.42. The van der Waals surface area contributed by atoms with E-state index in [-0.39, 0.29) is 0 Å². The van der Waals surface area contributed by atoms with Gasteiger partial charge in [0.25, 0.3) is 0 Å². The van der Waals surface area contributed by atoms with Gasteiger partial charge in [0.05, 0.1) is 0 Å². The van der Waals surface area contributed by atoms with E-state index in [0.29, 0.717) is 0 Å². The van der Waals surface area contributed by atoms with Crippen LogP contribution >= 0.6 is 0 Å². The van der Waals surface area contributed by atoms with Gasteiger partial charge < -0.3 is 5.32 Å². The highest BCUT2D eigenvalue weighted by molar-refractivity contribution is 5.44. The Hall–Kier alpha value is -0.560. The normalized spacial score (nSPS) is 23.1. The van der Waals surface area contributed by atoms with Crippen molar-refractivity contribution >= 4 is 0 Å². The minimum atomic E-state index is 0.739. The fourth-order valence-electron chi connectivity index (χ4n) is 2.25. The van der Waals surface area contributed by atoms with Gasteiger partial charge in [-0.25, -0.2) is 0 Å². The van der Waals surface area contributed by atoms with Gasteiger partial charge >= 0.3 is 0 Å². The molecule has 0 saturated carbocycles. The van der Waals surface area contributed by atoms with Gasteiger partial charge in [-0.15, -0.1) is 0 Å². The van der Waals surface area contributed by atoms with Gasteiger partial charge in [0.15, 0.2) is 0 Å². The Labute approximate surface area is 74.5 Å². The Kier molecular flexibility index (Phi) is 2.05. The standard InChI is InChI=1S/C11H17N/c1-8(2)10-5-3-4-9-6-12-7-11(9)10/h4,8,12H,3,5-7H2,1-2H3. The highest BCUT2D eigenvalue weighted by atomic mass is 14.9. The smallest absolute Gasteiger partial charge is 0.0211 e. The number of nitrogens with one attached hydrogen (secondary N) is 1. The fraction of sp³-hybridized carbons (Fsp3) is 0.636. The van der Waals surface area contributed by atoms with Crippen LogP contribution in [0.1, 0.15) is 26.7 Å². The van der Waals surface area contributed by atoms with Crippen LogP contribution in [-0.2, 0) is 0 Å². The van der Waals surface area contributed by atoms with E-state index in [2.05, 4.69) is 25.2 Å². The van der Waals surface area contributed by atoms with Crippen molar-refractivity contribution in [3.05, 3.63) is 22.8 Å². The first-order valence-electron chi connectivity index (χ1n) is 4.91. The third kappa shape index (κ3) is 1.22. The molecule has 66 valence electrons. The minimum Gasteiger partial charge on any atom is -0.309 e. The van der Waals surface area contributed by atoms with Gasteiger partial charge in [-0.3, -0.25) is 0 Å². The van der Waals surface area contributed by atoms with E-state index in [9.17, 15) is 0 Å². The van der Waals surface area contributed by atoms with E-state index in [1.165, 1.54) is 12.8 Å². The minimum absolute atomic E-state index is 0.739. The average molecular weight is 163 g/mol. The van der Waals surface area contributed by atoms with E-state index in [0.717, 1.165) is 19.0 Å². The Morgan fingerprint density at radius 1 is 1.33 bits per heavy atom. The molecular formula is C11H17N. The zero-order valence-corrected chi connectivity index (χ0v) is 7.98. The van der Waals surface area contributed by atoms with Crippen LogP contribution in [0.25, 0.3) is 0 Å². The molecule has 2 aliphatic rings. The number of allylic oxidation sites excluding steroid dienone is 2. The lowest BCUT2D eigenvalue weighted by atomic mass is 9.86. The molecule has 12 heavy (non-hydrogen) atoms. The Morgan fingerprint density at radius 2 is 2.17 bits per heavy atom. The predicted octanol–water partition coefficient (Wildman–Crippen LogP) is 2.26. The van der Waals surface area contributed by atoms with Crippen molar-refractivity contribution in [3.8, 4) is 0 Å². The Bertz CT molecular complexity index is 246. The van der Waals surface area contributed by atoms with Crippen molar-refractivity contribution < 1.29 is 0 Å². The zero-order chi connectivity index (χ0) is 8.55. The molecule has 0 aromatic rings. The Balaban J connectivity index is 2.34. The summed E-state index contributed by atoms with van der Waals surface area (Å²) in [6.45, 7) is 6.83. The fourth-order valence-corrected chi connectivity index (χ4v) is 2.25. The summed E-state index contributed by atoms with van der Waals surface area (Å²) in [4.78, 5) is 0. The van der Waals surface area contributed by atoms with Gasteiger partial charge in [-0.2, -0.15) is 0 Å². The molecule has 1 nitrogen and oxygen atoms in total. The molecule has 0 radical (unpaired) electrons. The molecule has 0 aromatic carbocycles. The molecule has 1 N–H and O–H groups in total. The molecule has 2 rings (SSSR count). The van der Waals surface area contributed by atoms with Crippen LogP contribution in [0, 0.1) is 5.92 Å². The number of hydrogen-bond donors (Lipinski definition) is 1. The first-order valence-corrected chi connectivity index (χ1v) is 4.91. The number of fused-ring (bicyclic) bond motifs is 1. The van der Waals surface area contributed by atoms with Gasteiger partial charge in [0.2, 0.25) is 0 Å². The van der Waals surface area contributed by atoms with Crippen LogP contribution in [0.15, 0.2) is 22.8 Å². The highest BCUT2D eigenvalue weighted by Gasteiger charge is 2.21. The molecule has 0 aromatic heterocycles. The Morgan fingerprint density at radius 3 is 2.92 bits per heavy atom. The number of rotatable bonds is 1. The van der Waals surface area contributed by atoms with E-state index in [1.54, 1.807) is 16.7 Å². The second kappa shape index (κ2) is 3.06. The summed E-state index contributed by atoms with van der Waals surface area (Å²) in [5, 5.41) is 3.42. The quantitative estimate of drug-likeness (QED) is 0.625. The molecule has 0 spiro atoms. The third-order valence-corrected chi connectivity index (χ3v) is 2.89. The summed E-state index contributed by atoms with van der Waals surface area (Å²) in [5.41, 5.74) is 4.89. The van der Waals surface area contributed by atoms with Crippen LogP contribution in [0.4, 0.5) is 0 Å². The first-order chi connectivity index (χ1) is 5.79. The summed E-state index contributed by atoms with van der Waals surface area (Å²) in [6.07, 6.45) is 4.95. The molecule has 1 heterocycles. The van der Waals surface area contributed by atoms with E-state index >= 15 is 0 Å². The van der Waals surface area contributed by atoms with Crippen LogP contribution in [-0.4, -0.2) is 13.1 Å². The lowest BCUT2D eigenvalue weighted by Gasteiger charge is -2.19. The van der Waals surface area contributed by atoms with Crippen molar-refractivity contribution in [2.45, 2.75) is 26.7 Å². The molecule has 1 aliphatic heterocycles. The van der Waals surface area contributed by atoms with Crippen molar-refractivity contribution in [2.75, 3.05) is 13.1 Å². The van der Waals surface area contributed by atoms with E-state index in [1.807, 2.05) is 0 Å². The summed E-state index contributed by atoms with van der Waals surface area (Å²) in [7, 11) is 0. The van der Waals surface area contributed by atoms with E-state index < -0.39 is 0 Å². The van der Waals surface area contributed by atoms with Crippen molar-refractivity contribution in [1.29, 1.82) is 0 Å². The monoisotopic (exact) mass is 163 g/mol. The number of hydrogen-bond acceptors (Lipinski definition) is 1. The summed E-state index contributed by atoms with van der Waals surface area (Å²) >= 11 is 0. The van der Waals surface area contributed by atoms with Gasteiger partial charge in [0, 0.05) is 13.1 Å². The van der Waals surface area contributed by atoms with E-state index in [4.69, 9.17) is 0 Å². The summed E-state index contributed by atoms with van der Waals surface area (Å²) in [6, 6.07) is 0. The van der Waals surface area contributed by atoms with Gasteiger partial charge in [0.1, 0.15) is 0 Å². The van der Waals surface area contributed by atoms with Crippen LogP contribution in [0.5, 0.6) is 0 Å². The first kappa shape index (κ1) is 8.06.